The maximum Gasteiger partial charge on any atom is 0.338 e. The van der Waals surface area contributed by atoms with E-state index in [4.69, 9.17) is 28.4 Å². The van der Waals surface area contributed by atoms with E-state index in [9.17, 15) is 20.7 Å². The van der Waals surface area contributed by atoms with E-state index in [2.05, 4.69) is 75.4 Å². The lowest BCUT2D eigenvalue weighted by molar-refractivity contribution is 0.000356. The third-order valence-electron chi connectivity index (χ3n) is 12.3. The molecule has 2 aromatic carbocycles. The fourth-order valence-electron chi connectivity index (χ4n) is 7.40. The maximum absolute atomic E-state index is 14.0. The van der Waals surface area contributed by atoms with Crippen molar-refractivity contribution in [3.8, 4) is 23.0 Å². The van der Waals surface area contributed by atoms with Crippen molar-refractivity contribution in [3.63, 3.8) is 0 Å². The van der Waals surface area contributed by atoms with Gasteiger partial charge in [-0.05, 0) is 84.7 Å². The molecule has 0 saturated carbocycles. The number of hydrogen-bond donors (Lipinski definition) is 0. The Morgan fingerprint density at radius 1 is 0.492 bits per heavy atom. The van der Waals surface area contributed by atoms with Crippen molar-refractivity contribution in [2.75, 3.05) is 52.7 Å². The minimum Gasteiger partial charge on any atom is -0.493 e. The Labute approximate surface area is 390 Å². The van der Waals surface area contributed by atoms with Gasteiger partial charge in [0.2, 0.25) is 0 Å². The van der Waals surface area contributed by atoms with E-state index in [-0.39, 0.29) is 24.2 Å². The fraction of sp³-hybridized carbons (Fsp3) is 0.725. The van der Waals surface area contributed by atoms with E-state index in [0.717, 1.165) is 103 Å². The maximum atomic E-state index is 14.0. The molecular formula is C51H82N6O8. The normalized spacial score (nSPS) is 13.8. The number of nitrogens with zero attached hydrogens (tertiary/aromatic N) is 6. The van der Waals surface area contributed by atoms with Crippen LogP contribution in [0.3, 0.4) is 0 Å². The summed E-state index contributed by atoms with van der Waals surface area (Å²) in [7, 11) is 0. The summed E-state index contributed by atoms with van der Waals surface area (Å²) in [5.74, 6) is 1.99. The predicted molar refractivity (Wildman–Crippen MR) is 259 cm³/mol. The Hall–Kier alpha value is -4.80. The van der Waals surface area contributed by atoms with E-state index in [0.29, 0.717) is 73.1 Å². The molecule has 0 aliphatic heterocycles. The summed E-state index contributed by atoms with van der Waals surface area (Å²) < 4.78 is 37.0. The first-order chi connectivity index (χ1) is 31.6. The smallest absolute Gasteiger partial charge is 0.338 e. The van der Waals surface area contributed by atoms with Crippen molar-refractivity contribution in [2.24, 2.45) is 39.3 Å². The molecule has 0 saturated heterocycles. The second-order valence-electron chi connectivity index (χ2n) is 17.7. The Kier molecular flexibility index (Phi) is 29.2. The summed E-state index contributed by atoms with van der Waals surface area (Å²) in [4.78, 5) is 33.8. The summed E-state index contributed by atoms with van der Waals surface area (Å²) in [6.45, 7) is 17.9. The van der Waals surface area contributed by atoms with Crippen molar-refractivity contribution >= 4 is 11.9 Å². The standard InChI is InChI=1S/C51H82N6O8/c1-9-17-21-39(13-5)31-60-45-25-43(26-46(29-45)61-32-40(14-6)22-18-10-2)49(58)64-37-51(35-54-56-52,36-55-57-53)38-65-50(59)44-27-47(62-33-41(15-7)23-19-11-3)30-48(28-44)63-34-42(16-8)24-20-12-4/h25-30,39-42H,9-24,31-38H2,1-8H3. The second-order valence-corrected chi connectivity index (χ2v) is 17.7. The highest BCUT2D eigenvalue weighted by Gasteiger charge is 2.34. The van der Waals surface area contributed by atoms with Crippen LogP contribution in [0.2, 0.25) is 0 Å². The minimum absolute atomic E-state index is 0.198. The minimum atomic E-state index is -1.40. The quantitative estimate of drug-likeness (QED) is 0.0275. The molecule has 4 atom stereocenters. The Bertz CT molecular complexity index is 1540. The fourth-order valence-corrected chi connectivity index (χ4v) is 7.40. The van der Waals surface area contributed by atoms with Crippen molar-refractivity contribution in [3.05, 3.63) is 68.4 Å². The molecule has 14 nitrogen and oxygen atoms in total. The summed E-state index contributed by atoms with van der Waals surface area (Å²) >= 11 is 0. The number of hydrogen-bond acceptors (Lipinski definition) is 10. The molecule has 0 fully saturated rings. The van der Waals surface area contributed by atoms with Crippen LogP contribution < -0.4 is 18.9 Å². The Balaban J connectivity index is 2.44. The average molecular weight is 907 g/mol. The summed E-state index contributed by atoms with van der Waals surface area (Å²) in [5, 5.41) is 7.54. The lowest BCUT2D eigenvalue weighted by Crippen LogP contribution is -2.40. The van der Waals surface area contributed by atoms with Gasteiger partial charge < -0.3 is 28.4 Å². The van der Waals surface area contributed by atoms with Gasteiger partial charge in [0.1, 0.15) is 36.2 Å². The van der Waals surface area contributed by atoms with E-state index in [1.54, 1.807) is 24.3 Å². The summed E-state index contributed by atoms with van der Waals surface area (Å²) in [5.41, 5.74) is 17.8. The van der Waals surface area contributed by atoms with Gasteiger partial charge >= 0.3 is 11.9 Å². The highest BCUT2D eigenvalue weighted by atomic mass is 16.6. The topological polar surface area (TPSA) is 187 Å². The highest BCUT2D eigenvalue weighted by molar-refractivity contribution is 5.91. The highest BCUT2D eigenvalue weighted by Crippen LogP contribution is 2.30. The van der Waals surface area contributed by atoms with Crippen LogP contribution in [-0.4, -0.2) is 64.7 Å². The number of unbranched alkanes of at least 4 members (excludes halogenated alkanes) is 4. The Morgan fingerprint density at radius 3 is 1.00 bits per heavy atom. The molecule has 0 N–H and O–H groups in total. The molecule has 0 aliphatic carbocycles. The number of azide groups is 2. The summed E-state index contributed by atoms with van der Waals surface area (Å²) in [6, 6.07) is 10.1. The zero-order valence-electron chi connectivity index (χ0n) is 41.2. The molecule has 0 heterocycles. The molecule has 4 unspecified atom stereocenters. The molecule has 0 aliphatic rings. The first kappa shape index (κ1) is 56.3. The van der Waals surface area contributed by atoms with Gasteiger partial charge in [-0.25, -0.2) is 9.59 Å². The summed E-state index contributed by atoms with van der Waals surface area (Å²) in [6.07, 6.45) is 16.9. The van der Waals surface area contributed by atoms with Crippen molar-refractivity contribution in [1.82, 2.24) is 0 Å². The van der Waals surface area contributed by atoms with E-state index in [1.165, 1.54) is 0 Å². The average Bonchev–Trinajstić information content (AvgIpc) is 3.33. The zero-order chi connectivity index (χ0) is 47.7. The van der Waals surface area contributed by atoms with Gasteiger partial charge in [-0.1, -0.05) is 143 Å². The van der Waals surface area contributed by atoms with Crippen molar-refractivity contribution in [1.29, 1.82) is 0 Å². The van der Waals surface area contributed by atoms with Gasteiger partial charge in [-0.2, -0.15) is 0 Å². The van der Waals surface area contributed by atoms with E-state index >= 15 is 0 Å². The Morgan fingerprint density at radius 2 is 0.769 bits per heavy atom. The molecule has 2 aromatic rings. The molecule has 0 aromatic heterocycles. The van der Waals surface area contributed by atoms with Gasteiger partial charge in [0, 0.05) is 40.5 Å². The van der Waals surface area contributed by atoms with Gasteiger partial charge in [0.25, 0.3) is 0 Å². The first-order valence-electron chi connectivity index (χ1n) is 24.7. The van der Waals surface area contributed by atoms with Crippen LogP contribution in [0, 0.1) is 29.1 Å². The number of ether oxygens (including phenoxy) is 6. The molecule has 2 rings (SSSR count). The van der Waals surface area contributed by atoms with Crippen LogP contribution in [0.25, 0.3) is 20.9 Å². The second kappa shape index (κ2) is 33.6. The molecular weight excluding hydrogens is 825 g/mol. The first-order valence-corrected chi connectivity index (χ1v) is 24.7. The van der Waals surface area contributed by atoms with Gasteiger partial charge in [-0.3, -0.25) is 0 Å². The molecule has 0 amide bonds. The van der Waals surface area contributed by atoms with E-state index < -0.39 is 30.6 Å². The van der Waals surface area contributed by atoms with Crippen molar-refractivity contribution < 1.29 is 38.0 Å². The number of esters is 2. The van der Waals surface area contributed by atoms with Crippen LogP contribution in [0.5, 0.6) is 23.0 Å². The van der Waals surface area contributed by atoms with Gasteiger partial charge in [0.05, 0.1) is 37.6 Å². The lowest BCUT2D eigenvalue weighted by atomic mass is 9.90. The van der Waals surface area contributed by atoms with Gasteiger partial charge in [0.15, 0.2) is 0 Å². The van der Waals surface area contributed by atoms with Crippen LogP contribution in [0.15, 0.2) is 46.6 Å². The number of rotatable bonds is 38. The largest absolute Gasteiger partial charge is 0.493 e. The third kappa shape index (κ3) is 22.3. The molecule has 0 radical (unpaired) electrons. The molecule has 65 heavy (non-hydrogen) atoms. The molecule has 364 valence electrons. The SMILES string of the molecule is CCCCC(CC)COc1cc(OCC(CC)CCCC)cc(C(=O)OCC(CN=[N+]=[N-])(CN=[N+]=[N-])COC(=O)c2cc(OCC(CC)CCCC)cc(OCC(CC)CCCC)c2)c1. The van der Waals surface area contributed by atoms with Crippen LogP contribution in [0.1, 0.15) is 179 Å². The monoisotopic (exact) mass is 907 g/mol. The number of carbonyl (C=O) groups is 2. The predicted octanol–water partition coefficient (Wildman–Crippen LogP) is 14.7. The van der Waals surface area contributed by atoms with Crippen LogP contribution in [0.4, 0.5) is 0 Å². The van der Waals surface area contributed by atoms with E-state index in [1.807, 2.05) is 12.1 Å². The van der Waals surface area contributed by atoms with Gasteiger partial charge in [-0.15, -0.1) is 0 Å². The van der Waals surface area contributed by atoms with Crippen LogP contribution >= 0.6 is 0 Å². The third-order valence-corrected chi connectivity index (χ3v) is 12.3. The lowest BCUT2D eigenvalue weighted by Gasteiger charge is -2.29. The number of benzene rings is 2. The molecule has 0 bridgehead atoms. The van der Waals surface area contributed by atoms with Crippen LogP contribution in [-0.2, 0) is 9.47 Å². The zero-order valence-corrected chi connectivity index (χ0v) is 41.2. The van der Waals surface area contributed by atoms with Crippen molar-refractivity contribution in [2.45, 2.75) is 158 Å². The molecule has 0 spiro atoms. The number of carbonyl (C=O) groups excluding carboxylic acids is 2. The molecule has 14 heteroatoms.